The molecule has 8 heteroatoms. The monoisotopic (exact) mass is 411 g/mol. The van der Waals surface area contributed by atoms with Gasteiger partial charge in [0.1, 0.15) is 16.4 Å². The molecule has 0 aliphatic carbocycles. The minimum Gasteiger partial charge on any atom is -0.497 e. The minimum absolute atomic E-state index is 0.183. The lowest BCUT2D eigenvalue weighted by molar-refractivity contribution is 0.103. The van der Waals surface area contributed by atoms with E-state index >= 15 is 0 Å². The average Bonchev–Trinajstić information content (AvgIpc) is 3.47. The Kier molecular flexibility index (Phi) is 5.14. The van der Waals surface area contributed by atoms with Gasteiger partial charge in [0.25, 0.3) is 5.91 Å². The van der Waals surface area contributed by atoms with E-state index in [2.05, 4.69) is 10.3 Å². The standard InChI is InChI=1S/C20H17N3O3S2/c1-25-13-5-6-17(26-2)14(11-13)15-12-28-20(21-15)22-19(24)18-16(7-10-27-18)23-8-3-4-9-23/h3-12H,1-2H3,(H,21,22,24). The topological polar surface area (TPSA) is 65.4 Å². The van der Waals surface area contributed by atoms with Crippen LogP contribution < -0.4 is 14.8 Å². The fraction of sp³-hybridized carbons (Fsp3) is 0.100. The van der Waals surface area contributed by atoms with Crippen LogP contribution in [0, 0.1) is 0 Å². The number of carbonyl (C=O) groups is 1. The van der Waals surface area contributed by atoms with Gasteiger partial charge < -0.3 is 14.0 Å². The Bertz CT molecular complexity index is 1100. The van der Waals surface area contributed by atoms with Gasteiger partial charge in [-0.15, -0.1) is 22.7 Å². The van der Waals surface area contributed by atoms with Crippen LogP contribution in [-0.4, -0.2) is 29.7 Å². The Labute approximate surface area is 170 Å². The molecule has 3 heterocycles. The summed E-state index contributed by atoms with van der Waals surface area (Å²) < 4.78 is 12.6. The summed E-state index contributed by atoms with van der Waals surface area (Å²) in [6.45, 7) is 0. The number of anilines is 1. The van der Waals surface area contributed by atoms with Gasteiger partial charge in [0.2, 0.25) is 0 Å². The van der Waals surface area contributed by atoms with Crippen LogP contribution in [0.1, 0.15) is 9.67 Å². The minimum atomic E-state index is -0.183. The molecule has 1 amide bonds. The van der Waals surface area contributed by atoms with Gasteiger partial charge in [0, 0.05) is 23.3 Å². The van der Waals surface area contributed by atoms with E-state index in [1.54, 1.807) is 14.2 Å². The fourth-order valence-electron chi connectivity index (χ4n) is 2.79. The quantitative estimate of drug-likeness (QED) is 0.488. The third kappa shape index (κ3) is 3.51. The van der Waals surface area contributed by atoms with Gasteiger partial charge >= 0.3 is 0 Å². The lowest BCUT2D eigenvalue weighted by Gasteiger charge is -2.08. The highest BCUT2D eigenvalue weighted by atomic mass is 32.1. The summed E-state index contributed by atoms with van der Waals surface area (Å²) in [4.78, 5) is 18.0. The predicted octanol–water partition coefficient (Wildman–Crippen LogP) is 4.93. The molecule has 0 fully saturated rings. The lowest BCUT2D eigenvalue weighted by Crippen LogP contribution is -2.12. The zero-order chi connectivity index (χ0) is 19.5. The highest BCUT2D eigenvalue weighted by Gasteiger charge is 2.17. The molecule has 3 aromatic heterocycles. The van der Waals surface area contributed by atoms with Crippen LogP contribution in [0.3, 0.4) is 0 Å². The Morgan fingerprint density at radius 3 is 2.68 bits per heavy atom. The van der Waals surface area contributed by atoms with Gasteiger partial charge in [0.15, 0.2) is 5.13 Å². The number of carbonyl (C=O) groups excluding carboxylic acids is 1. The van der Waals surface area contributed by atoms with E-state index < -0.39 is 0 Å². The molecule has 142 valence electrons. The molecule has 0 saturated carbocycles. The number of thiophene rings is 1. The molecule has 1 N–H and O–H groups in total. The second-order valence-corrected chi connectivity index (χ2v) is 7.56. The highest BCUT2D eigenvalue weighted by molar-refractivity contribution is 7.15. The molecule has 4 rings (SSSR count). The van der Waals surface area contributed by atoms with Crippen molar-refractivity contribution in [2.24, 2.45) is 0 Å². The van der Waals surface area contributed by atoms with E-state index in [1.807, 2.05) is 64.1 Å². The molecule has 0 spiro atoms. The van der Waals surface area contributed by atoms with Gasteiger partial charge in [-0.3, -0.25) is 10.1 Å². The summed E-state index contributed by atoms with van der Waals surface area (Å²) in [5, 5.41) is 7.21. The predicted molar refractivity (Wildman–Crippen MR) is 112 cm³/mol. The van der Waals surface area contributed by atoms with Crippen molar-refractivity contribution in [3.8, 4) is 28.4 Å². The van der Waals surface area contributed by atoms with Crippen molar-refractivity contribution in [3.63, 3.8) is 0 Å². The van der Waals surface area contributed by atoms with Crippen molar-refractivity contribution >= 4 is 33.7 Å². The summed E-state index contributed by atoms with van der Waals surface area (Å²) >= 11 is 2.76. The Hall–Kier alpha value is -3.10. The maximum absolute atomic E-state index is 12.8. The second kappa shape index (κ2) is 7.87. The number of thiazole rings is 1. The van der Waals surface area contributed by atoms with Crippen molar-refractivity contribution in [2.45, 2.75) is 0 Å². The van der Waals surface area contributed by atoms with Gasteiger partial charge in [-0.05, 0) is 41.8 Å². The molecule has 0 atom stereocenters. The van der Waals surface area contributed by atoms with Crippen LogP contribution in [0.25, 0.3) is 16.9 Å². The molecule has 1 aromatic carbocycles. The molecule has 0 bridgehead atoms. The number of amides is 1. The molecule has 4 aromatic rings. The van der Waals surface area contributed by atoms with E-state index in [0.717, 1.165) is 11.3 Å². The molecular formula is C20H17N3O3S2. The first-order valence-electron chi connectivity index (χ1n) is 8.39. The summed E-state index contributed by atoms with van der Waals surface area (Å²) in [7, 11) is 3.22. The Morgan fingerprint density at radius 1 is 1.11 bits per heavy atom. The van der Waals surface area contributed by atoms with Crippen molar-refractivity contribution < 1.29 is 14.3 Å². The van der Waals surface area contributed by atoms with Gasteiger partial charge in [-0.2, -0.15) is 0 Å². The number of methoxy groups -OCH3 is 2. The number of hydrogen-bond donors (Lipinski definition) is 1. The maximum Gasteiger partial charge on any atom is 0.269 e. The summed E-state index contributed by atoms with van der Waals surface area (Å²) in [5.74, 6) is 1.22. The molecule has 0 aliphatic heterocycles. The van der Waals surface area contributed by atoms with Crippen molar-refractivity contribution in [2.75, 3.05) is 19.5 Å². The summed E-state index contributed by atoms with van der Waals surface area (Å²) in [6.07, 6.45) is 3.82. The second-order valence-electron chi connectivity index (χ2n) is 5.78. The van der Waals surface area contributed by atoms with Crippen LogP contribution in [0.2, 0.25) is 0 Å². The normalized spacial score (nSPS) is 10.6. The fourth-order valence-corrected chi connectivity index (χ4v) is 4.28. The zero-order valence-corrected chi connectivity index (χ0v) is 16.8. The Balaban J connectivity index is 1.58. The number of aromatic nitrogens is 2. The molecule has 0 saturated heterocycles. The third-order valence-corrected chi connectivity index (χ3v) is 5.80. The van der Waals surface area contributed by atoms with E-state index in [4.69, 9.17) is 9.47 Å². The van der Waals surface area contributed by atoms with E-state index in [9.17, 15) is 4.79 Å². The van der Waals surface area contributed by atoms with Crippen LogP contribution in [0.15, 0.2) is 59.6 Å². The molecule has 0 aliphatic rings. The van der Waals surface area contributed by atoms with Crippen molar-refractivity contribution in [1.29, 1.82) is 0 Å². The largest absolute Gasteiger partial charge is 0.497 e. The van der Waals surface area contributed by atoms with Crippen LogP contribution in [0.4, 0.5) is 5.13 Å². The molecule has 0 radical (unpaired) electrons. The van der Waals surface area contributed by atoms with Gasteiger partial charge in [-0.1, -0.05) is 0 Å². The van der Waals surface area contributed by atoms with Gasteiger partial charge in [-0.25, -0.2) is 4.98 Å². The first kappa shape index (κ1) is 18.3. The van der Waals surface area contributed by atoms with E-state index in [0.29, 0.717) is 27.2 Å². The van der Waals surface area contributed by atoms with Crippen LogP contribution in [-0.2, 0) is 0 Å². The first-order valence-corrected chi connectivity index (χ1v) is 10.2. The number of hydrogen-bond acceptors (Lipinski definition) is 6. The summed E-state index contributed by atoms with van der Waals surface area (Å²) in [6, 6.07) is 11.3. The lowest BCUT2D eigenvalue weighted by atomic mass is 10.1. The van der Waals surface area contributed by atoms with E-state index in [-0.39, 0.29) is 5.91 Å². The smallest absolute Gasteiger partial charge is 0.269 e. The Morgan fingerprint density at radius 2 is 1.93 bits per heavy atom. The highest BCUT2D eigenvalue weighted by Crippen LogP contribution is 2.35. The van der Waals surface area contributed by atoms with Crippen molar-refractivity contribution in [1.82, 2.24) is 9.55 Å². The zero-order valence-electron chi connectivity index (χ0n) is 15.2. The summed E-state index contributed by atoms with van der Waals surface area (Å²) in [5.41, 5.74) is 2.37. The van der Waals surface area contributed by atoms with Gasteiger partial charge in [0.05, 0.1) is 25.6 Å². The van der Waals surface area contributed by atoms with E-state index in [1.165, 1.54) is 22.7 Å². The average molecular weight is 412 g/mol. The SMILES string of the molecule is COc1ccc(OC)c(-c2csc(NC(=O)c3sccc3-n3cccc3)n2)c1. The molecule has 28 heavy (non-hydrogen) atoms. The maximum atomic E-state index is 12.8. The molecule has 6 nitrogen and oxygen atoms in total. The van der Waals surface area contributed by atoms with Crippen molar-refractivity contribution in [3.05, 3.63) is 64.4 Å². The van der Waals surface area contributed by atoms with Crippen LogP contribution in [0.5, 0.6) is 11.5 Å². The number of ether oxygens (including phenoxy) is 2. The van der Waals surface area contributed by atoms with Crippen LogP contribution >= 0.6 is 22.7 Å². The number of benzene rings is 1. The molecule has 0 unspecified atom stereocenters. The number of nitrogens with zero attached hydrogens (tertiary/aromatic N) is 2. The number of rotatable bonds is 6. The first-order chi connectivity index (χ1) is 13.7. The molecular weight excluding hydrogens is 394 g/mol. The number of nitrogens with one attached hydrogen (secondary N) is 1. The third-order valence-electron chi connectivity index (χ3n) is 4.14.